The van der Waals surface area contributed by atoms with E-state index in [1.54, 1.807) is 0 Å². The number of aromatic carboxylic acids is 1. The van der Waals surface area contributed by atoms with E-state index in [9.17, 15) is 18.4 Å². The highest BCUT2D eigenvalue weighted by Gasteiger charge is 2.21. The fraction of sp³-hybridized carbons (Fsp3) is 0.200. The Labute approximate surface area is 108 Å². The number of nitrogens with zero attached hydrogens (tertiary/aromatic N) is 3. The Kier molecular flexibility index (Phi) is 2.95. The van der Waals surface area contributed by atoms with Gasteiger partial charge in [0.15, 0.2) is 0 Å². The van der Waals surface area contributed by atoms with Crippen molar-refractivity contribution in [3.63, 3.8) is 0 Å². The summed E-state index contributed by atoms with van der Waals surface area (Å²) >= 11 is 0. The highest BCUT2D eigenvalue weighted by Crippen LogP contribution is 2.21. The minimum Gasteiger partial charge on any atom is -0.475 e. The van der Waals surface area contributed by atoms with E-state index in [2.05, 4.69) is 4.98 Å². The van der Waals surface area contributed by atoms with Crippen molar-refractivity contribution in [1.29, 1.82) is 0 Å². The molecule has 0 amide bonds. The average molecular weight is 285 g/mol. The minimum absolute atomic E-state index is 0.0142. The molecule has 2 aromatic rings. The van der Waals surface area contributed by atoms with Crippen LogP contribution in [0.5, 0.6) is 0 Å². The summed E-state index contributed by atoms with van der Waals surface area (Å²) in [5.74, 6) is -1.98. The lowest BCUT2D eigenvalue weighted by Gasteiger charge is -2.10. The minimum atomic E-state index is -3.66. The van der Waals surface area contributed by atoms with Crippen molar-refractivity contribution < 1.29 is 23.5 Å². The van der Waals surface area contributed by atoms with Gasteiger partial charge in [-0.1, -0.05) is 0 Å². The maximum Gasteiger partial charge on any atom is 0.375 e. The van der Waals surface area contributed by atoms with Crippen molar-refractivity contribution in [3.05, 3.63) is 24.0 Å². The van der Waals surface area contributed by atoms with Crippen LogP contribution in [-0.2, 0) is 10.0 Å². The van der Waals surface area contributed by atoms with Crippen molar-refractivity contribution in [2.24, 2.45) is 0 Å². The molecule has 0 saturated carbocycles. The molecule has 1 aromatic carbocycles. The van der Waals surface area contributed by atoms with E-state index in [1.807, 2.05) is 0 Å². The smallest absolute Gasteiger partial charge is 0.375 e. The van der Waals surface area contributed by atoms with E-state index in [0.29, 0.717) is 4.73 Å². The molecule has 0 unspecified atom stereocenters. The Balaban J connectivity index is 2.71. The molecule has 2 rings (SSSR count). The van der Waals surface area contributed by atoms with Crippen LogP contribution < -0.4 is 0 Å². The molecular formula is C10H11N3O5S. The molecule has 0 saturated heterocycles. The number of benzene rings is 1. The second-order valence-electron chi connectivity index (χ2n) is 3.99. The molecule has 0 aliphatic rings. The first-order valence-corrected chi connectivity index (χ1v) is 6.56. The average Bonchev–Trinajstić information content (AvgIpc) is 2.66. The van der Waals surface area contributed by atoms with Gasteiger partial charge >= 0.3 is 5.97 Å². The Morgan fingerprint density at radius 1 is 1.37 bits per heavy atom. The molecule has 0 bridgehead atoms. The number of carboxylic acid groups (broad SMARTS) is 1. The monoisotopic (exact) mass is 285 g/mol. The zero-order valence-corrected chi connectivity index (χ0v) is 10.9. The van der Waals surface area contributed by atoms with Crippen LogP contribution >= 0.6 is 0 Å². The van der Waals surface area contributed by atoms with Crippen LogP contribution in [0.1, 0.15) is 10.6 Å². The van der Waals surface area contributed by atoms with Crippen LogP contribution in [0.4, 0.5) is 0 Å². The van der Waals surface area contributed by atoms with Crippen molar-refractivity contribution in [1.82, 2.24) is 14.0 Å². The number of imidazole rings is 1. The van der Waals surface area contributed by atoms with Crippen LogP contribution in [0.3, 0.4) is 0 Å². The van der Waals surface area contributed by atoms with Crippen molar-refractivity contribution >= 4 is 27.0 Å². The van der Waals surface area contributed by atoms with E-state index >= 15 is 0 Å². The van der Waals surface area contributed by atoms with Gasteiger partial charge in [0.05, 0.1) is 10.4 Å². The molecular weight excluding hydrogens is 274 g/mol. The summed E-state index contributed by atoms with van der Waals surface area (Å²) in [5.41, 5.74) is 0.206. The fourth-order valence-electron chi connectivity index (χ4n) is 1.55. The van der Waals surface area contributed by atoms with Crippen LogP contribution in [-0.4, -0.2) is 52.8 Å². The van der Waals surface area contributed by atoms with Crippen LogP contribution in [0.15, 0.2) is 23.1 Å². The highest BCUT2D eigenvalue weighted by atomic mass is 32.2. The first-order valence-electron chi connectivity index (χ1n) is 5.12. The lowest BCUT2D eigenvalue weighted by atomic mass is 10.3. The Hall–Kier alpha value is -2.13. The number of carbonyl (C=O) groups is 1. The van der Waals surface area contributed by atoms with Crippen molar-refractivity contribution in [2.75, 3.05) is 14.1 Å². The molecule has 1 aromatic heterocycles. The third-order valence-electron chi connectivity index (χ3n) is 2.57. The lowest BCUT2D eigenvalue weighted by molar-refractivity contribution is 0.0639. The normalized spacial score (nSPS) is 12.2. The molecule has 0 aliphatic carbocycles. The van der Waals surface area contributed by atoms with Gasteiger partial charge in [-0.25, -0.2) is 22.5 Å². The molecule has 0 spiro atoms. The Morgan fingerprint density at radius 2 is 2.00 bits per heavy atom. The summed E-state index contributed by atoms with van der Waals surface area (Å²) in [6.07, 6.45) is 0. The number of fused-ring (bicyclic) bond motifs is 1. The fourth-order valence-corrected chi connectivity index (χ4v) is 2.47. The Bertz CT molecular complexity index is 763. The van der Waals surface area contributed by atoms with Gasteiger partial charge < -0.3 is 10.3 Å². The molecule has 8 nitrogen and oxygen atoms in total. The maximum atomic E-state index is 11.9. The molecule has 102 valence electrons. The van der Waals surface area contributed by atoms with Crippen LogP contribution in [0, 0.1) is 0 Å². The summed E-state index contributed by atoms with van der Waals surface area (Å²) in [4.78, 5) is 14.4. The van der Waals surface area contributed by atoms with Gasteiger partial charge in [0.2, 0.25) is 10.0 Å². The molecule has 2 N–H and O–H groups in total. The number of aromatic nitrogens is 2. The van der Waals surface area contributed by atoms with Gasteiger partial charge in [-0.15, -0.1) is 0 Å². The van der Waals surface area contributed by atoms with E-state index < -0.39 is 21.8 Å². The predicted molar refractivity (Wildman–Crippen MR) is 64.7 cm³/mol. The van der Waals surface area contributed by atoms with E-state index in [1.165, 1.54) is 32.3 Å². The predicted octanol–water partition coefficient (Wildman–Crippen LogP) is 0.222. The summed E-state index contributed by atoms with van der Waals surface area (Å²) < 4.78 is 25.2. The standard InChI is InChI=1S/C10H11N3O5S/c1-12(2)19(17,18)6-3-4-7-8(5-6)13(16)9(11-7)10(14)15/h3-5,16H,1-2H3,(H,14,15). The van der Waals surface area contributed by atoms with E-state index in [0.717, 1.165) is 4.31 Å². The first kappa shape index (κ1) is 13.3. The summed E-state index contributed by atoms with van der Waals surface area (Å²) in [6, 6.07) is 3.81. The van der Waals surface area contributed by atoms with Gasteiger partial charge in [-0.05, 0) is 18.2 Å². The van der Waals surface area contributed by atoms with Crippen LogP contribution in [0.25, 0.3) is 11.0 Å². The second-order valence-corrected chi connectivity index (χ2v) is 6.14. The summed E-state index contributed by atoms with van der Waals surface area (Å²) in [6.45, 7) is 0. The van der Waals surface area contributed by atoms with Crippen molar-refractivity contribution in [2.45, 2.75) is 4.90 Å². The lowest BCUT2D eigenvalue weighted by Crippen LogP contribution is -2.22. The molecule has 9 heteroatoms. The molecule has 1 heterocycles. The van der Waals surface area contributed by atoms with E-state index in [4.69, 9.17) is 5.11 Å². The van der Waals surface area contributed by atoms with Gasteiger partial charge in [0, 0.05) is 14.1 Å². The van der Waals surface area contributed by atoms with Gasteiger partial charge in [-0.2, -0.15) is 4.73 Å². The number of hydrogen-bond acceptors (Lipinski definition) is 5. The third kappa shape index (κ3) is 2.02. The largest absolute Gasteiger partial charge is 0.475 e. The van der Waals surface area contributed by atoms with Gasteiger partial charge in [0.25, 0.3) is 5.82 Å². The van der Waals surface area contributed by atoms with Crippen molar-refractivity contribution in [3.8, 4) is 0 Å². The number of carboxylic acids is 1. The highest BCUT2D eigenvalue weighted by molar-refractivity contribution is 7.89. The third-order valence-corrected chi connectivity index (χ3v) is 4.38. The van der Waals surface area contributed by atoms with Gasteiger partial charge in [0.1, 0.15) is 5.52 Å². The second kappa shape index (κ2) is 4.21. The van der Waals surface area contributed by atoms with E-state index in [-0.39, 0.29) is 15.9 Å². The molecule has 0 fully saturated rings. The molecule has 0 atom stereocenters. The first-order chi connectivity index (χ1) is 8.75. The van der Waals surface area contributed by atoms with Gasteiger partial charge in [-0.3, -0.25) is 0 Å². The molecule has 0 aliphatic heterocycles. The molecule has 19 heavy (non-hydrogen) atoms. The van der Waals surface area contributed by atoms with Crippen LogP contribution in [0.2, 0.25) is 0 Å². The maximum absolute atomic E-state index is 11.9. The SMILES string of the molecule is CN(C)S(=O)(=O)c1ccc2nc(C(=O)O)n(O)c2c1. The summed E-state index contributed by atoms with van der Waals surface area (Å²) in [7, 11) is -0.915. The number of sulfonamides is 1. The number of rotatable bonds is 3. The topological polar surface area (TPSA) is 113 Å². The zero-order chi connectivity index (χ0) is 14.4. The number of hydrogen-bond donors (Lipinski definition) is 2. The zero-order valence-electron chi connectivity index (χ0n) is 10.1. The quantitative estimate of drug-likeness (QED) is 0.780. The summed E-state index contributed by atoms with van der Waals surface area (Å²) in [5, 5.41) is 18.5. The Morgan fingerprint density at radius 3 is 2.53 bits per heavy atom. The molecule has 0 radical (unpaired) electrons.